The third-order valence-electron chi connectivity index (χ3n) is 2.72. The number of benzene rings is 1. The van der Waals surface area contributed by atoms with E-state index >= 15 is 0 Å². The molecule has 0 saturated heterocycles. The number of carbonyl (C=O) groups is 1. The molecule has 2 rings (SSSR count). The third kappa shape index (κ3) is 4.99. The van der Waals surface area contributed by atoms with Gasteiger partial charge in [0.15, 0.2) is 0 Å². The average Bonchev–Trinajstić information content (AvgIpc) is 2.45. The Hall–Kier alpha value is -1.91. The molecule has 4 nitrogen and oxygen atoms in total. The summed E-state index contributed by atoms with van der Waals surface area (Å²) in [7, 11) is 0. The topological polar surface area (TPSA) is 54.0 Å². The van der Waals surface area contributed by atoms with Gasteiger partial charge in [-0.2, -0.15) is 0 Å². The number of hydrogen-bond donors (Lipinski definition) is 2. The van der Waals surface area contributed by atoms with Gasteiger partial charge in [-0.15, -0.1) is 0 Å². The smallest absolute Gasteiger partial charge is 0.225 e. The largest absolute Gasteiger partial charge is 0.326 e. The summed E-state index contributed by atoms with van der Waals surface area (Å²) >= 11 is 5.85. The van der Waals surface area contributed by atoms with Gasteiger partial charge in [0.05, 0.1) is 0 Å². The summed E-state index contributed by atoms with van der Waals surface area (Å²) in [5.74, 6) is -0.0329. The van der Waals surface area contributed by atoms with Crippen LogP contribution in [-0.4, -0.2) is 17.4 Å². The lowest BCUT2D eigenvalue weighted by Crippen LogP contribution is -2.21. The summed E-state index contributed by atoms with van der Waals surface area (Å²) < 4.78 is 0. The molecule has 0 bridgehead atoms. The minimum Gasteiger partial charge on any atom is -0.326 e. The van der Waals surface area contributed by atoms with E-state index in [1.807, 2.05) is 18.2 Å². The highest BCUT2D eigenvalue weighted by atomic mass is 35.5. The Morgan fingerprint density at radius 2 is 2.00 bits per heavy atom. The molecular formula is C15H16ClN3O. The molecule has 104 valence electrons. The van der Waals surface area contributed by atoms with E-state index < -0.39 is 0 Å². The van der Waals surface area contributed by atoms with Crippen LogP contribution < -0.4 is 10.6 Å². The summed E-state index contributed by atoms with van der Waals surface area (Å²) in [6, 6.07) is 11.0. The van der Waals surface area contributed by atoms with Gasteiger partial charge in [0.1, 0.15) is 0 Å². The molecule has 0 aliphatic rings. The van der Waals surface area contributed by atoms with Gasteiger partial charge in [-0.25, -0.2) is 0 Å². The van der Waals surface area contributed by atoms with Crippen LogP contribution in [0.25, 0.3) is 0 Å². The predicted octanol–water partition coefficient (Wildman–Crippen LogP) is 2.85. The molecule has 20 heavy (non-hydrogen) atoms. The van der Waals surface area contributed by atoms with Crippen LogP contribution in [0.5, 0.6) is 0 Å². The number of pyridine rings is 1. The molecule has 0 fully saturated rings. The molecule has 0 radical (unpaired) electrons. The van der Waals surface area contributed by atoms with Crippen molar-refractivity contribution in [1.82, 2.24) is 10.3 Å². The molecule has 0 spiro atoms. The van der Waals surface area contributed by atoms with Crippen molar-refractivity contribution in [2.24, 2.45) is 0 Å². The second kappa shape index (κ2) is 7.62. The average molecular weight is 290 g/mol. The molecule has 1 aromatic heterocycles. The van der Waals surface area contributed by atoms with Crippen LogP contribution in [0.4, 0.5) is 5.69 Å². The SMILES string of the molecule is O=C(CCNCc1ccncc1)Nc1cccc(Cl)c1. The normalized spacial score (nSPS) is 10.2. The second-order valence-electron chi connectivity index (χ2n) is 4.34. The number of aromatic nitrogens is 1. The van der Waals surface area contributed by atoms with Crippen molar-refractivity contribution in [3.05, 3.63) is 59.4 Å². The van der Waals surface area contributed by atoms with Crippen molar-refractivity contribution in [2.45, 2.75) is 13.0 Å². The highest BCUT2D eigenvalue weighted by molar-refractivity contribution is 6.30. The molecule has 0 atom stereocenters. The molecule has 2 N–H and O–H groups in total. The quantitative estimate of drug-likeness (QED) is 0.804. The zero-order valence-electron chi connectivity index (χ0n) is 11.0. The van der Waals surface area contributed by atoms with Gasteiger partial charge in [0.25, 0.3) is 0 Å². The van der Waals surface area contributed by atoms with Crippen molar-refractivity contribution in [2.75, 3.05) is 11.9 Å². The van der Waals surface area contributed by atoms with Gasteiger partial charge in [-0.05, 0) is 35.9 Å². The fraction of sp³-hybridized carbons (Fsp3) is 0.200. The Bertz CT molecular complexity index is 560. The first-order valence-electron chi connectivity index (χ1n) is 6.39. The molecule has 0 aliphatic heterocycles. The van der Waals surface area contributed by atoms with Gasteiger partial charge < -0.3 is 10.6 Å². The van der Waals surface area contributed by atoms with Crippen LogP contribution in [-0.2, 0) is 11.3 Å². The lowest BCUT2D eigenvalue weighted by Gasteiger charge is -2.07. The molecule has 1 aromatic carbocycles. The summed E-state index contributed by atoms with van der Waals surface area (Å²) in [5, 5.41) is 6.63. The summed E-state index contributed by atoms with van der Waals surface area (Å²) in [4.78, 5) is 15.7. The van der Waals surface area contributed by atoms with E-state index in [-0.39, 0.29) is 5.91 Å². The number of carbonyl (C=O) groups excluding carboxylic acids is 1. The molecule has 2 aromatic rings. The second-order valence-corrected chi connectivity index (χ2v) is 4.78. The Kier molecular flexibility index (Phi) is 5.53. The van der Waals surface area contributed by atoms with Crippen molar-refractivity contribution in [3.63, 3.8) is 0 Å². The number of halogens is 1. The summed E-state index contributed by atoms with van der Waals surface area (Å²) in [6.07, 6.45) is 3.92. The monoisotopic (exact) mass is 289 g/mol. The van der Waals surface area contributed by atoms with Gasteiger partial charge in [0, 0.05) is 42.6 Å². The lowest BCUT2D eigenvalue weighted by atomic mass is 10.2. The van der Waals surface area contributed by atoms with Crippen LogP contribution in [0, 0.1) is 0 Å². The summed E-state index contributed by atoms with van der Waals surface area (Å²) in [5.41, 5.74) is 1.87. The maximum Gasteiger partial charge on any atom is 0.225 e. The Balaban J connectivity index is 1.68. The van der Waals surface area contributed by atoms with Gasteiger partial charge in [-0.1, -0.05) is 17.7 Å². The van der Waals surface area contributed by atoms with Crippen LogP contribution in [0.15, 0.2) is 48.8 Å². The standard InChI is InChI=1S/C15H16ClN3O/c16-13-2-1-3-14(10-13)19-15(20)6-9-18-11-12-4-7-17-8-5-12/h1-5,7-8,10,18H,6,9,11H2,(H,19,20). The fourth-order valence-corrected chi connectivity index (χ4v) is 1.92. The van der Waals surface area contributed by atoms with E-state index in [9.17, 15) is 4.79 Å². The predicted molar refractivity (Wildman–Crippen MR) is 80.6 cm³/mol. The molecule has 5 heteroatoms. The Morgan fingerprint density at radius 3 is 2.75 bits per heavy atom. The minimum absolute atomic E-state index is 0.0329. The van der Waals surface area contributed by atoms with Gasteiger partial charge in [-0.3, -0.25) is 9.78 Å². The zero-order valence-corrected chi connectivity index (χ0v) is 11.7. The molecule has 1 heterocycles. The third-order valence-corrected chi connectivity index (χ3v) is 2.95. The van der Waals surface area contributed by atoms with E-state index in [1.165, 1.54) is 0 Å². The number of hydrogen-bond acceptors (Lipinski definition) is 3. The van der Waals surface area contributed by atoms with Crippen molar-refractivity contribution in [3.8, 4) is 0 Å². The molecular weight excluding hydrogens is 274 g/mol. The molecule has 0 unspecified atom stereocenters. The minimum atomic E-state index is -0.0329. The van der Waals surface area contributed by atoms with Crippen LogP contribution in [0.2, 0.25) is 5.02 Å². The van der Waals surface area contributed by atoms with E-state index in [1.54, 1.807) is 30.6 Å². The van der Waals surface area contributed by atoms with Crippen LogP contribution in [0.3, 0.4) is 0 Å². The number of rotatable bonds is 6. The van der Waals surface area contributed by atoms with Gasteiger partial charge >= 0.3 is 0 Å². The van der Waals surface area contributed by atoms with Gasteiger partial charge in [0.2, 0.25) is 5.91 Å². The van der Waals surface area contributed by atoms with Crippen molar-refractivity contribution < 1.29 is 4.79 Å². The van der Waals surface area contributed by atoms with E-state index in [0.29, 0.717) is 18.0 Å². The lowest BCUT2D eigenvalue weighted by molar-refractivity contribution is -0.116. The first-order chi connectivity index (χ1) is 9.74. The number of amides is 1. The number of anilines is 1. The summed E-state index contributed by atoms with van der Waals surface area (Å²) in [6.45, 7) is 1.35. The van der Waals surface area contributed by atoms with E-state index in [4.69, 9.17) is 11.6 Å². The highest BCUT2D eigenvalue weighted by Crippen LogP contribution is 2.14. The van der Waals surface area contributed by atoms with Crippen molar-refractivity contribution >= 4 is 23.2 Å². The first-order valence-corrected chi connectivity index (χ1v) is 6.77. The van der Waals surface area contributed by atoms with Crippen LogP contribution in [0.1, 0.15) is 12.0 Å². The highest BCUT2D eigenvalue weighted by Gasteiger charge is 2.02. The van der Waals surface area contributed by atoms with Crippen molar-refractivity contribution in [1.29, 1.82) is 0 Å². The Labute approximate surface area is 123 Å². The maximum absolute atomic E-state index is 11.7. The van der Waals surface area contributed by atoms with E-state index in [0.717, 1.165) is 17.8 Å². The number of nitrogens with zero attached hydrogens (tertiary/aromatic N) is 1. The fourth-order valence-electron chi connectivity index (χ4n) is 1.73. The maximum atomic E-state index is 11.7. The zero-order chi connectivity index (χ0) is 14.2. The molecule has 1 amide bonds. The first kappa shape index (κ1) is 14.5. The van der Waals surface area contributed by atoms with E-state index in [2.05, 4.69) is 15.6 Å². The number of nitrogens with one attached hydrogen (secondary N) is 2. The molecule has 0 aliphatic carbocycles. The Morgan fingerprint density at radius 1 is 1.20 bits per heavy atom. The van der Waals surface area contributed by atoms with Crippen LogP contribution >= 0.6 is 11.6 Å². The molecule has 0 saturated carbocycles.